The molecule has 0 bridgehead atoms. The van der Waals surface area contributed by atoms with Crippen molar-refractivity contribution >= 4 is 0 Å². The number of epoxide rings is 1. The molecule has 9 heavy (non-hydrogen) atoms. The fourth-order valence-electron chi connectivity index (χ4n) is 1.01. The number of aliphatic hydroxyl groups excluding tert-OH is 1. The first kappa shape index (κ1) is 6.78. The first-order valence-electron chi connectivity index (χ1n) is 3.15. The van der Waals surface area contributed by atoms with Crippen molar-refractivity contribution in [2.45, 2.75) is 25.0 Å². The molecule has 0 aliphatic carbocycles. The van der Waals surface area contributed by atoms with Crippen LogP contribution in [0.5, 0.6) is 0 Å². The Kier molecular flexibility index (Phi) is 1.60. The molecule has 1 saturated heterocycles. The van der Waals surface area contributed by atoms with E-state index in [1.54, 1.807) is 6.08 Å². The summed E-state index contributed by atoms with van der Waals surface area (Å²) >= 11 is 0. The van der Waals surface area contributed by atoms with E-state index in [1.165, 1.54) is 0 Å². The third kappa shape index (κ3) is 1.00. The lowest BCUT2D eigenvalue weighted by Crippen LogP contribution is -2.17. The van der Waals surface area contributed by atoms with Gasteiger partial charge in [-0.25, -0.2) is 0 Å². The van der Waals surface area contributed by atoms with E-state index in [0.717, 1.165) is 6.42 Å². The van der Waals surface area contributed by atoms with Crippen LogP contribution in [0.15, 0.2) is 12.7 Å². The first-order chi connectivity index (χ1) is 4.25. The molecule has 0 radical (unpaired) electrons. The van der Waals surface area contributed by atoms with Crippen molar-refractivity contribution in [2.75, 3.05) is 6.61 Å². The second-order valence-corrected chi connectivity index (χ2v) is 2.48. The summed E-state index contributed by atoms with van der Waals surface area (Å²) in [6.45, 7) is 5.65. The van der Waals surface area contributed by atoms with Gasteiger partial charge in [0, 0.05) is 0 Å². The standard InChI is InChI=1S/C7H12O2/c1-3-4-7(5-8)6(2)9-7/h3,6,8H,1,4-5H2,2H3/t6?,7-/m1/s1. The summed E-state index contributed by atoms with van der Waals surface area (Å²) in [7, 11) is 0. The predicted molar refractivity (Wildman–Crippen MR) is 35.2 cm³/mol. The molecule has 1 aliphatic rings. The van der Waals surface area contributed by atoms with E-state index in [1.807, 2.05) is 6.92 Å². The van der Waals surface area contributed by atoms with Crippen LogP contribution < -0.4 is 0 Å². The van der Waals surface area contributed by atoms with Gasteiger partial charge in [0.1, 0.15) is 5.60 Å². The highest BCUT2D eigenvalue weighted by Gasteiger charge is 2.51. The zero-order valence-corrected chi connectivity index (χ0v) is 5.63. The highest BCUT2D eigenvalue weighted by molar-refractivity contribution is 5.03. The van der Waals surface area contributed by atoms with Crippen LogP contribution in [0.4, 0.5) is 0 Å². The summed E-state index contributed by atoms with van der Waals surface area (Å²) in [5.74, 6) is 0. The molecule has 0 spiro atoms. The maximum absolute atomic E-state index is 8.79. The molecule has 0 amide bonds. The molecule has 2 nitrogen and oxygen atoms in total. The molecular weight excluding hydrogens is 116 g/mol. The Hall–Kier alpha value is -0.340. The van der Waals surface area contributed by atoms with Crippen molar-refractivity contribution in [3.8, 4) is 0 Å². The minimum atomic E-state index is -0.262. The van der Waals surface area contributed by atoms with Crippen molar-refractivity contribution in [2.24, 2.45) is 0 Å². The van der Waals surface area contributed by atoms with Gasteiger partial charge in [-0.2, -0.15) is 0 Å². The minimum Gasteiger partial charge on any atom is -0.393 e. The van der Waals surface area contributed by atoms with E-state index < -0.39 is 0 Å². The lowest BCUT2D eigenvalue weighted by atomic mass is 10.0. The van der Waals surface area contributed by atoms with Crippen LogP contribution >= 0.6 is 0 Å². The second-order valence-electron chi connectivity index (χ2n) is 2.48. The van der Waals surface area contributed by atoms with Crippen LogP contribution in [-0.2, 0) is 4.74 Å². The van der Waals surface area contributed by atoms with Gasteiger partial charge in [-0.15, -0.1) is 6.58 Å². The van der Waals surface area contributed by atoms with E-state index in [4.69, 9.17) is 9.84 Å². The third-order valence-electron chi connectivity index (χ3n) is 1.85. The Morgan fingerprint density at radius 3 is 2.56 bits per heavy atom. The third-order valence-corrected chi connectivity index (χ3v) is 1.85. The largest absolute Gasteiger partial charge is 0.393 e. The van der Waals surface area contributed by atoms with Crippen molar-refractivity contribution in [3.63, 3.8) is 0 Å². The Balaban J connectivity index is 2.41. The van der Waals surface area contributed by atoms with Gasteiger partial charge in [0.2, 0.25) is 0 Å². The summed E-state index contributed by atoms with van der Waals surface area (Å²) in [6.07, 6.45) is 2.74. The van der Waals surface area contributed by atoms with Crippen LogP contribution in [0, 0.1) is 0 Å². The molecule has 1 unspecified atom stereocenters. The van der Waals surface area contributed by atoms with Gasteiger partial charge in [0.05, 0.1) is 12.7 Å². The fourth-order valence-corrected chi connectivity index (χ4v) is 1.01. The summed E-state index contributed by atoms with van der Waals surface area (Å²) in [4.78, 5) is 0. The SMILES string of the molecule is C=CC[C@]1(CO)OC1C. The van der Waals surface area contributed by atoms with Crippen molar-refractivity contribution in [1.29, 1.82) is 0 Å². The molecule has 52 valence electrons. The molecule has 1 N–H and O–H groups in total. The van der Waals surface area contributed by atoms with Gasteiger partial charge in [0.15, 0.2) is 0 Å². The van der Waals surface area contributed by atoms with Crippen molar-refractivity contribution in [1.82, 2.24) is 0 Å². The van der Waals surface area contributed by atoms with Gasteiger partial charge >= 0.3 is 0 Å². The molecule has 1 rings (SSSR count). The maximum Gasteiger partial charge on any atom is 0.121 e. The lowest BCUT2D eigenvalue weighted by molar-refractivity contribution is 0.173. The highest BCUT2D eigenvalue weighted by Crippen LogP contribution is 2.38. The molecular formula is C7H12O2. The second kappa shape index (κ2) is 2.12. The Labute approximate surface area is 55.1 Å². The van der Waals surface area contributed by atoms with Crippen molar-refractivity contribution < 1.29 is 9.84 Å². The van der Waals surface area contributed by atoms with Gasteiger partial charge in [-0.05, 0) is 13.3 Å². The monoisotopic (exact) mass is 128 g/mol. The van der Waals surface area contributed by atoms with Crippen LogP contribution in [-0.4, -0.2) is 23.4 Å². The minimum absolute atomic E-state index is 0.111. The molecule has 2 heteroatoms. The van der Waals surface area contributed by atoms with Gasteiger partial charge in [-0.1, -0.05) is 6.08 Å². The number of hydrogen-bond donors (Lipinski definition) is 1. The Morgan fingerprint density at radius 1 is 1.89 bits per heavy atom. The molecule has 0 aromatic heterocycles. The van der Waals surface area contributed by atoms with Crippen molar-refractivity contribution in [3.05, 3.63) is 12.7 Å². The van der Waals surface area contributed by atoms with E-state index in [2.05, 4.69) is 6.58 Å². The maximum atomic E-state index is 8.79. The molecule has 1 fully saturated rings. The molecule has 0 aromatic rings. The number of ether oxygens (including phenoxy) is 1. The summed E-state index contributed by atoms with van der Waals surface area (Å²) in [5.41, 5.74) is -0.262. The highest BCUT2D eigenvalue weighted by atomic mass is 16.6. The average molecular weight is 128 g/mol. The fraction of sp³-hybridized carbons (Fsp3) is 0.714. The molecule has 0 saturated carbocycles. The van der Waals surface area contributed by atoms with E-state index in [0.29, 0.717) is 0 Å². The topological polar surface area (TPSA) is 32.8 Å². The van der Waals surface area contributed by atoms with Gasteiger partial charge < -0.3 is 9.84 Å². The number of hydrogen-bond acceptors (Lipinski definition) is 2. The zero-order chi connectivity index (χ0) is 6.91. The van der Waals surface area contributed by atoms with Gasteiger partial charge in [0.25, 0.3) is 0 Å². The predicted octanol–water partition coefficient (Wildman–Crippen LogP) is 0.712. The molecule has 1 aliphatic heterocycles. The Morgan fingerprint density at radius 2 is 2.44 bits per heavy atom. The number of aliphatic hydroxyl groups is 1. The normalized spacial score (nSPS) is 40.4. The van der Waals surface area contributed by atoms with E-state index in [-0.39, 0.29) is 18.3 Å². The quantitative estimate of drug-likeness (QED) is 0.448. The smallest absolute Gasteiger partial charge is 0.121 e. The van der Waals surface area contributed by atoms with Crippen LogP contribution in [0.25, 0.3) is 0 Å². The lowest BCUT2D eigenvalue weighted by Gasteiger charge is -2.02. The average Bonchev–Trinajstić information content (AvgIpc) is 2.45. The van der Waals surface area contributed by atoms with Crippen LogP contribution in [0.1, 0.15) is 13.3 Å². The van der Waals surface area contributed by atoms with Crippen LogP contribution in [0.3, 0.4) is 0 Å². The summed E-state index contributed by atoms with van der Waals surface area (Å²) in [6, 6.07) is 0. The zero-order valence-electron chi connectivity index (χ0n) is 5.63. The van der Waals surface area contributed by atoms with E-state index >= 15 is 0 Å². The summed E-state index contributed by atoms with van der Waals surface area (Å²) < 4.78 is 5.17. The Bertz CT molecular complexity index is 118. The van der Waals surface area contributed by atoms with Gasteiger partial charge in [-0.3, -0.25) is 0 Å². The number of rotatable bonds is 3. The van der Waals surface area contributed by atoms with Crippen LogP contribution in [0.2, 0.25) is 0 Å². The van der Waals surface area contributed by atoms with E-state index in [9.17, 15) is 0 Å². The molecule has 2 atom stereocenters. The first-order valence-corrected chi connectivity index (χ1v) is 3.15. The molecule has 0 aromatic carbocycles. The summed E-state index contributed by atoms with van der Waals surface area (Å²) in [5, 5.41) is 8.79. The molecule has 1 heterocycles.